The monoisotopic (exact) mass is 299 g/mol. The maximum atomic E-state index is 11.6. The Balaban J connectivity index is 1.64. The molecule has 1 aliphatic rings. The van der Waals surface area contributed by atoms with Crippen molar-refractivity contribution in [1.82, 2.24) is 15.6 Å². The van der Waals surface area contributed by atoms with Gasteiger partial charge < -0.3 is 20.5 Å². The van der Waals surface area contributed by atoms with Gasteiger partial charge in [0.2, 0.25) is 5.91 Å². The zero-order valence-corrected chi connectivity index (χ0v) is 12.0. The molecule has 110 valence electrons. The van der Waals surface area contributed by atoms with Crippen LogP contribution in [0.15, 0.2) is 5.38 Å². The van der Waals surface area contributed by atoms with Gasteiger partial charge in [0.25, 0.3) is 0 Å². The van der Waals surface area contributed by atoms with Crippen LogP contribution in [0.3, 0.4) is 0 Å². The molecule has 0 radical (unpaired) electrons. The van der Waals surface area contributed by atoms with E-state index in [9.17, 15) is 9.59 Å². The van der Waals surface area contributed by atoms with Gasteiger partial charge in [-0.05, 0) is 6.92 Å². The maximum Gasteiger partial charge on any atom is 0.355 e. The number of rotatable bonds is 7. The van der Waals surface area contributed by atoms with Crippen molar-refractivity contribution in [2.75, 3.05) is 26.2 Å². The first-order chi connectivity index (χ1) is 9.48. The van der Waals surface area contributed by atoms with Gasteiger partial charge in [0.1, 0.15) is 6.61 Å². The minimum Gasteiger partial charge on any atom is -0.476 e. The Hall–Kier alpha value is -1.51. The van der Waals surface area contributed by atoms with Gasteiger partial charge in [-0.2, -0.15) is 0 Å². The number of amides is 1. The predicted molar refractivity (Wildman–Crippen MR) is 73.0 cm³/mol. The fraction of sp³-hybridized carbons (Fsp3) is 0.583. The molecule has 0 atom stereocenters. The van der Waals surface area contributed by atoms with Crippen molar-refractivity contribution in [3.05, 3.63) is 16.1 Å². The van der Waals surface area contributed by atoms with E-state index in [1.54, 1.807) is 0 Å². The summed E-state index contributed by atoms with van der Waals surface area (Å²) in [5, 5.41) is 16.7. The van der Waals surface area contributed by atoms with Gasteiger partial charge in [-0.3, -0.25) is 4.79 Å². The van der Waals surface area contributed by atoms with Gasteiger partial charge in [0, 0.05) is 31.4 Å². The summed E-state index contributed by atoms with van der Waals surface area (Å²) < 4.78 is 5.50. The lowest BCUT2D eigenvalue weighted by atomic mass is 10.0. The van der Waals surface area contributed by atoms with Crippen LogP contribution in [0, 0.1) is 0 Å². The summed E-state index contributed by atoms with van der Waals surface area (Å²) in [6.07, 6.45) is 0.516. The molecule has 0 bridgehead atoms. The molecule has 1 amide bonds. The zero-order valence-electron chi connectivity index (χ0n) is 11.1. The summed E-state index contributed by atoms with van der Waals surface area (Å²) in [5.74, 6) is -1.21. The number of carboxylic acid groups (broad SMARTS) is 1. The van der Waals surface area contributed by atoms with Crippen molar-refractivity contribution in [3.63, 3.8) is 0 Å². The van der Waals surface area contributed by atoms with Crippen LogP contribution < -0.4 is 10.6 Å². The van der Waals surface area contributed by atoms with Crippen molar-refractivity contribution in [3.8, 4) is 0 Å². The van der Waals surface area contributed by atoms with E-state index in [2.05, 4.69) is 15.6 Å². The highest BCUT2D eigenvalue weighted by Gasteiger charge is 2.32. The summed E-state index contributed by atoms with van der Waals surface area (Å²) in [6.45, 7) is 3.94. The largest absolute Gasteiger partial charge is 0.476 e. The van der Waals surface area contributed by atoms with E-state index in [4.69, 9.17) is 9.84 Å². The molecule has 0 aromatic carbocycles. The van der Waals surface area contributed by atoms with Gasteiger partial charge in [0.15, 0.2) is 5.69 Å². The molecule has 0 unspecified atom stereocenters. The van der Waals surface area contributed by atoms with Crippen LogP contribution >= 0.6 is 11.3 Å². The lowest BCUT2D eigenvalue weighted by Crippen LogP contribution is -2.59. The fourth-order valence-corrected chi connectivity index (χ4v) is 2.47. The quantitative estimate of drug-likeness (QED) is 0.649. The number of aromatic nitrogens is 1. The van der Waals surface area contributed by atoms with Crippen LogP contribution in [0.4, 0.5) is 0 Å². The van der Waals surface area contributed by atoms with Crippen molar-refractivity contribution in [2.24, 2.45) is 0 Å². The van der Waals surface area contributed by atoms with E-state index in [1.807, 2.05) is 6.92 Å². The molecule has 0 spiro atoms. The molecule has 0 saturated carbocycles. The summed E-state index contributed by atoms with van der Waals surface area (Å²) >= 11 is 1.28. The molecule has 2 heterocycles. The number of hydrogen-bond donors (Lipinski definition) is 3. The lowest BCUT2D eigenvalue weighted by molar-refractivity contribution is -0.135. The Labute approximate surface area is 120 Å². The molecule has 20 heavy (non-hydrogen) atoms. The highest BCUT2D eigenvalue weighted by molar-refractivity contribution is 7.09. The third kappa shape index (κ3) is 3.99. The average Bonchev–Trinajstić information content (AvgIpc) is 2.83. The van der Waals surface area contributed by atoms with Crippen molar-refractivity contribution < 1.29 is 19.4 Å². The smallest absolute Gasteiger partial charge is 0.355 e. The van der Waals surface area contributed by atoms with Crippen LogP contribution in [0.25, 0.3) is 0 Å². The molecule has 8 heteroatoms. The summed E-state index contributed by atoms with van der Waals surface area (Å²) in [7, 11) is 0. The molecule has 1 aromatic heterocycles. The second kappa shape index (κ2) is 6.29. The molecule has 3 N–H and O–H groups in total. The highest BCUT2D eigenvalue weighted by atomic mass is 32.1. The summed E-state index contributed by atoms with van der Waals surface area (Å²) in [6, 6.07) is 0. The number of thiazole rings is 1. The normalized spacial score (nSPS) is 16.4. The van der Waals surface area contributed by atoms with Crippen LogP contribution in [0.1, 0.15) is 22.4 Å². The van der Waals surface area contributed by atoms with E-state index < -0.39 is 5.97 Å². The number of aromatic carboxylic acids is 1. The van der Waals surface area contributed by atoms with E-state index in [0.717, 1.165) is 13.1 Å². The Morgan fingerprint density at radius 3 is 2.90 bits per heavy atom. The second-order valence-electron chi connectivity index (χ2n) is 4.87. The van der Waals surface area contributed by atoms with Gasteiger partial charge in [-0.25, -0.2) is 9.78 Å². The molecule has 1 saturated heterocycles. The second-order valence-corrected chi connectivity index (χ2v) is 5.82. The first kappa shape index (κ1) is 14.9. The third-order valence-electron chi connectivity index (χ3n) is 2.98. The minimum absolute atomic E-state index is 0.0381. The number of carboxylic acids is 1. The van der Waals surface area contributed by atoms with E-state index >= 15 is 0 Å². The lowest BCUT2D eigenvalue weighted by Gasteiger charge is -2.38. The maximum absolute atomic E-state index is 11.6. The topological polar surface area (TPSA) is 101 Å². The molecular formula is C12H17N3O4S. The first-order valence-electron chi connectivity index (χ1n) is 6.28. The number of carbonyl (C=O) groups is 2. The Morgan fingerprint density at radius 1 is 1.60 bits per heavy atom. The molecule has 1 aliphatic heterocycles. The van der Waals surface area contributed by atoms with Gasteiger partial charge in [-0.15, -0.1) is 11.3 Å². The van der Waals surface area contributed by atoms with Crippen LogP contribution in [0.2, 0.25) is 0 Å². The number of nitrogens with zero attached hydrogens (tertiary/aromatic N) is 1. The number of nitrogens with one attached hydrogen (secondary N) is 2. The molecule has 1 aromatic rings. The number of hydrogen-bond acceptors (Lipinski definition) is 6. The standard InChI is InChI=1S/C12H17N3O4S/c1-12(6-13-7-12)19-4-9(16)14-3-2-10-15-8(5-20-10)11(17)18/h5,13H,2-4,6-7H2,1H3,(H,14,16)(H,17,18). The average molecular weight is 299 g/mol. The fourth-order valence-electron chi connectivity index (χ4n) is 1.70. The summed E-state index contributed by atoms with van der Waals surface area (Å²) in [5.41, 5.74) is -0.187. The van der Waals surface area contributed by atoms with Gasteiger partial charge in [-0.1, -0.05) is 0 Å². The predicted octanol–water partition coefficient (Wildman–Crippen LogP) is -0.121. The van der Waals surface area contributed by atoms with Crippen LogP contribution in [-0.2, 0) is 16.0 Å². The number of ether oxygens (including phenoxy) is 1. The molecular weight excluding hydrogens is 282 g/mol. The van der Waals surface area contributed by atoms with E-state index in [-0.39, 0.29) is 23.8 Å². The minimum atomic E-state index is -1.03. The van der Waals surface area contributed by atoms with E-state index in [0.29, 0.717) is 18.0 Å². The number of carbonyl (C=O) groups excluding carboxylic acids is 1. The van der Waals surface area contributed by atoms with Crippen molar-refractivity contribution in [1.29, 1.82) is 0 Å². The third-order valence-corrected chi connectivity index (χ3v) is 3.89. The van der Waals surface area contributed by atoms with Crippen molar-refractivity contribution >= 4 is 23.2 Å². The highest BCUT2D eigenvalue weighted by Crippen LogP contribution is 2.14. The van der Waals surface area contributed by atoms with E-state index in [1.165, 1.54) is 16.7 Å². The molecule has 2 rings (SSSR count). The van der Waals surface area contributed by atoms with Gasteiger partial charge in [0.05, 0.1) is 10.6 Å². The molecule has 0 aliphatic carbocycles. The van der Waals surface area contributed by atoms with Gasteiger partial charge >= 0.3 is 5.97 Å². The summed E-state index contributed by atoms with van der Waals surface area (Å²) in [4.78, 5) is 26.2. The van der Waals surface area contributed by atoms with Crippen molar-refractivity contribution in [2.45, 2.75) is 18.9 Å². The Bertz CT molecular complexity index is 499. The molecule has 7 nitrogen and oxygen atoms in total. The Kier molecular flexibility index (Phi) is 4.69. The zero-order chi connectivity index (χ0) is 14.6. The van der Waals surface area contributed by atoms with Crippen LogP contribution in [0.5, 0.6) is 0 Å². The Morgan fingerprint density at radius 2 is 2.35 bits per heavy atom. The van der Waals surface area contributed by atoms with Crippen LogP contribution in [-0.4, -0.2) is 53.8 Å². The first-order valence-corrected chi connectivity index (χ1v) is 7.15. The SMILES string of the molecule is CC1(OCC(=O)NCCc2nc(C(=O)O)cs2)CNC1. The molecule has 1 fully saturated rings.